The van der Waals surface area contributed by atoms with Gasteiger partial charge in [-0.3, -0.25) is 4.79 Å². The van der Waals surface area contributed by atoms with Crippen LogP contribution in [0.2, 0.25) is 0 Å². The lowest BCUT2D eigenvalue weighted by molar-refractivity contribution is -0.173. The molecule has 0 aliphatic carbocycles. The average Bonchev–Trinajstić information content (AvgIpc) is 2.41. The number of nitrogens with zero attached hydrogens (tertiary/aromatic N) is 1. The fourth-order valence-electron chi connectivity index (χ4n) is 2.39. The van der Waals surface area contributed by atoms with Crippen LogP contribution in [0.15, 0.2) is 24.3 Å². The highest BCUT2D eigenvalue weighted by molar-refractivity contribution is 5.77. The topological polar surface area (TPSA) is 87.1 Å². The molecule has 1 fully saturated rings. The van der Waals surface area contributed by atoms with Crippen molar-refractivity contribution in [3.05, 3.63) is 29.8 Å². The smallest absolute Gasteiger partial charge is 0.329 e. The van der Waals surface area contributed by atoms with Gasteiger partial charge in [0.1, 0.15) is 18.0 Å². The summed E-state index contributed by atoms with van der Waals surface area (Å²) in [5.41, 5.74) is 0.180. The lowest BCUT2D eigenvalue weighted by atomic mass is 9.95. The summed E-state index contributed by atoms with van der Waals surface area (Å²) in [4.78, 5) is 24.1. The molecule has 0 unspecified atom stereocenters. The SMILES string of the molecule is CC1(OCC(=O)O)CN(C(=O)CCc2ccccc2O)C1. The third-order valence-electron chi connectivity index (χ3n) is 3.55. The number of likely N-dealkylation sites (tertiary alicyclic amines) is 1. The monoisotopic (exact) mass is 293 g/mol. The van der Waals surface area contributed by atoms with Gasteiger partial charge in [-0.15, -0.1) is 0 Å². The summed E-state index contributed by atoms with van der Waals surface area (Å²) in [6.45, 7) is 2.25. The third kappa shape index (κ3) is 3.95. The van der Waals surface area contributed by atoms with Crippen LogP contribution in [0.5, 0.6) is 5.75 Å². The summed E-state index contributed by atoms with van der Waals surface area (Å²) in [5.74, 6) is -0.834. The summed E-state index contributed by atoms with van der Waals surface area (Å²) in [6.07, 6.45) is 0.793. The molecule has 1 heterocycles. The molecule has 6 nitrogen and oxygen atoms in total. The maximum Gasteiger partial charge on any atom is 0.329 e. The first kappa shape index (κ1) is 15.3. The quantitative estimate of drug-likeness (QED) is 0.818. The minimum absolute atomic E-state index is 0.0188. The molecule has 1 amide bonds. The summed E-state index contributed by atoms with van der Waals surface area (Å²) in [6, 6.07) is 6.94. The standard InChI is InChI=1S/C15H19NO5/c1-15(21-8-14(19)20)9-16(10-15)13(18)7-6-11-4-2-3-5-12(11)17/h2-5,17H,6-10H2,1H3,(H,19,20). The van der Waals surface area contributed by atoms with Crippen LogP contribution >= 0.6 is 0 Å². The minimum Gasteiger partial charge on any atom is -0.508 e. The van der Waals surface area contributed by atoms with Gasteiger partial charge in [-0.05, 0) is 25.0 Å². The molecule has 1 aliphatic heterocycles. The second-order valence-electron chi connectivity index (χ2n) is 5.51. The van der Waals surface area contributed by atoms with Crippen molar-refractivity contribution in [2.24, 2.45) is 0 Å². The number of hydrogen-bond acceptors (Lipinski definition) is 4. The second-order valence-corrected chi connectivity index (χ2v) is 5.51. The van der Waals surface area contributed by atoms with Gasteiger partial charge in [0.25, 0.3) is 0 Å². The second kappa shape index (κ2) is 6.13. The Balaban J connectivity index is 1.76. The number of phenolic OH excluding ortho intramolecular Hbond substituents is 1. The van der Waals surface area contributed by atoms with Crippen molar-refractivity contribution in [2.75, 3.05) is 19.7 Å². The molecule has 1 aromatic carbocycles. The van der Waals surface area contributed by atoms with Crippen LogP contribution in [-0.4, -0.2) is 52.3 Å². The number of phenols is 1. The number of benzene rings is 1. The molecule has 0 saturated carbocycles. The van der Waals surface area contributed by atoms with Crippen molar-refractivity contribution in [1.29, 1.82) is 0 Å². The van der Waals surface area contributed by atoms with Crippen LogP contribution in [-0.2, 0) is 20.7 Å². The van der Waals surface area contributed by atoms with E-state index in [0.717, 1.165) is 5.56 Å². The highest BCUT2D eigenvalue weighted by Crippen LogP contribution is 2.26. The van der Waals surface area contributed by atoms with Crippen molar-refractivity contribution < 1.29 is 24.5 Å². The van der Waals surface area contributed by atoms with Crippen molar-refractivity contribution in [3.63, 3.8) is 0 Å². The fraction of sp³-hybridized carbons (Fsp3) is 0.467. The first-order chi connectivity index (χ1) is 9.89. The maximum absolute atomic E-state index is 12.0. The van der Waals surface area contributed by atoms with E-state index < -0.39 is 11.6 Å². The molecule has 6 heteroatoms. The maximum atomic E-state index is 12.0. The van der Waals surface area contributed by atoms with Crippen LogP contribution < -0.4 is 0 Å². The number of carbonyl (C=O) groups excluding carboxylic acids is 1. The van der Waals surface area contributed by atoms with Gasteiger partial charge in [-0.1, -0.05) is 18.2 Å². The van der Waals surface area contributed by atoms with Gasteiger partial charge in [0.2, 0.25) is 5.91 Å². The zero-order valence-electron chi connectivity index (χ0n) is 11.9. The Hall–Kier alpha value is -2.08. The number of carbonyl (C=O) groups is 2. The number of ether oxygens (including phenoxy) is 1. The average molecular weight is 293 g/mol. The molecule has 21 heavy (non-hydrogen) atoms. The highest BCUT2D eigenvalue weighted by Gasteiger charge is 2.42. The lowest BCUT2D eigenvalue weighted by Gasteiger charge is -2.47. The zero-order chi connectivity index (χ0) is 15.5. The molecule has 1 aromatic rings. The molecule has 0 bridgehead atoms. The van der Waals surface area contributed by atoms with Crippen LogP contribution in [0.3, 0.4) is 0 Å². The number of aliphatic carboxylic acids is 1. The Morgan fingerprint density at radius 3 is 2.62 bits per heavy atom. The molecule has 114 valence electrons. The normalized spacial score (nSPS) is 16.3. The minimum atomic E-state index is -1.01. The van der Waals surface area contributed by atoms with E-state index in [0.29, 0.717) is 25.9 Å². The van der Waals surface area contributed by atoms with Crippen molar-refractivity contribution in [3.8, 4) is 5.75 Å². The summed E-state index contributed by atoms with van der Waals surface area (Å²) >= 11 is 0. The van der Waals surface area contributed by atoms with E-state index in [1.165, 1.54) is 0 Å². The molecule has 0 atom stereocenters. The molecule has 1 saturated heterocycles. The Bertz CT molecular complexity index is 537. The van der Waals surface area contributed by atoms with Crippen molar-refractivity contribution >= 4 is 11.9 Å². The van der Waals surface area contributed by atoms with Crippen LogP contribution in [0.4, 0.5) is 0 Å². The van der Waals surface area contributed by atoms with E-state index in [2.05, 4.69) is 0 Å². The Morgan fingerprint density at radius 1 is 1.33 bits per heavy atom. The molecule has 0 spiro atoms. The molecule has 1 aliphatic rings. The van der Waals surface area contributed by atoms with Gasteiger partial charge in [-0.2, -0.15) is 0 Å². The Labute approximate surface area is 122 Å². The van der Waals surface area contributed by atoms with Gasteiger partial charge in [0, 0.05) is 6.42 Å². The first-order valence-corrected chi connectivity index (χ1v) is 6.80. The van der Waals surface area contributed by atoms with E-state index >= 15 is 0 Å². The van der Waals surface area contributed by atoms with E-state index in [4.69, 9.17) is 9.84 Å². The Kier molecular flexibility index (Phi) is 4.47. The summed E-state index contributed by atoms with van der Waals surface area (Å²) in [7, 11) is 0. The number of carboxylic acid groups (broad SMARTS) is 1. The third-order valence-corrected chi connectivity index (χ3v) is 3.55. The van der Waals surface area contributed by atoms with Crippen LogP contribution in [0.25, 0.3) is 0 Å². The highest BCUT2D eigenvalue weighted by atomic mass is 16.5. The number of amides is 1. The number of rotatable bonds is 6. The van der Waals surface area contributed by atoms with Crippen LogP contribution in [0.1, 0.15) is 18.9 Å². The number of para-hydroxylation sites is 1. The molecular formula is C15H19NO5. The number of carboxylic acids is 1. The fourth-order valence-corrected chi connectivity index (χ4v) is 2.39. The van der Waals surface area contributed by atoms with E-state index in [9.17, 15) is 14.7 Å². The molecule has 2 rings (SSSR count). The van der Waals surface area contributed by atoms with Crippen LogP contribution in [0, 0.1) is 0 Å². The first-order valence-electron chi connectivity index (χ1n) is 6.80. The van der Waals surface area contributed by atoms with Gasteiger partial charge in [0.15, 0.2) is 0 Å². The predicted octanol–water partition coefficient (Wildman–Crippen LogP) is 1.03. The van der Waals surface area contributed by atoms with Crippen molar-refractivity contribution in [1.82, 2.24) is 4.90 Å². The van der Waals surface area contributed by atoms with E-state index in [1.807, 2.05) is 6.07 Å². The summed E-state index contributed by atoms with van der Waals surface area (Å²) in [5, 5.41) is 18.2. The van der Waals surface area contributed by atoms with E-state index in [-0.39, 0.29) is 18.3 Å². The van der Waals surface area contributed by atoms with Gasteiger partial charge < -0.3 is 19.8 Å². The molecule has 0 radical (unpaired) electrons. The van der Waals surface area contributed by atoms with Gasteiger partial charge in [-0.25, -0.2) is 4.79 Å². The molecular weight excluding hydrogens is 274 g/mol. The molecule has 0 aromatic heterocycles. The van der Waals surface area contributed by atoms with Gasteiger partial charge >= 0.3 is 5.97 Å². The number of aromatic hydroxyl groups is 1. The van der Waals surface area contributed by atoms with Gasteiger partial charge in [0.05, 0.1) is 13.1 Å². The summed E-state index contributed by atoms with van der Waals surface area (Å²) < 4.78 is 5.26. The number of hydrogen-bond donors (Lipinski definition) is 2. The number of aryl methyl sites for hydroxylation is 1. The zero-order valence-corrected chi connectivity index (χ0v) is 11.9. The lowest BCUT2D eigenvalue weighted by Crippen LogP contribution is -2.63. The van der Waals surface area contributed by atoms with E-state index in [1.54, 1.807) is 30.0 Å². The Morgan fingerprint density at radius 2 is 2.00 bits per heavy atom. The molecule has 2 N–H and O–H groups in total. The van der Waals surface area contributed by atoms with Crippen molar-refractivity contribution in [2.45, 2.75) is 25.4 Å². The predicted molar refractivity (Wildman–Crippen MR) is 75.0 cm³/mol. The largest absolute Gasteiger partial charge is 0.508 e.